The number of benzene rings is 1. The molecule has 0 fully saturated rings. The molecule has 0 amide bonds. The Morgan fingerprint density at radius 2 is 2.06 bits per heavy atom. The van der Waals surface area contributed by atoms with Gasteiger partial charge in [0.2, 0.25) is 0 Å². The lowest BCUT2D eigenvalue weighted by Gasteiger charge is -2.10. The lowest BCUT2D eigenvalue weighted by molar-refractivity contribution is -0.137. The monoisotopic (exact) mass is 242 g/mol. The van der Waals surface area contributed by atoms with Crippen molar-refractivity contribution in [1.82, 2.24) is 0 Å². The summed E-state index contributed by atoms with van der Waals surface area (Å²) in [6.45, 7) is -0.0330. The van der Waals surface area contributed by atoms with Crippen molar-refractivity contribution in [3.63, 3.8) is 0 Å². The van der Waals surface area contributed by atoms with Crippen molar-refractivity contribution in [2.75, 3.05) is 13.7 Å². The highest BCUT2D eigenvalue weighted by Crippen LogP contribution is 2.08. The number of carboxylic acid groups (broad SMARTS) is 1. The van der Waals surface area contributed by atoms with Crippen LogP contribution in [0.5, 0.6) is 0 Å². The predicted octanol–water partition coefficient (Wildman–Crippen LogP) is 1.03. The Morgan fingerprint density at radius 3 is 2.56 bits per heavy atom. The molecule has 4 nitrogen and oxygen atoms in total. The van der Waals surface area contributed by atoms with Crippen LogP contribution in [0.4, 0.5) is 0 Å². The number of rotatable bonds is 6. The molecule has 0 aliphatic rings. The minimum Gasteiger partial charge on any atom is -0.480 e. The van der Waals surface area contributed by atoms with Gasteiger partial charge >= 0.3 is 5.97 Å². The van der Waals surface area contributed by atoms with Gasteiger partial charge in [0, 0.05) is 23.7 Å². The van der Waals surface area contributed by atoms with Crippen LogP contribution in [0.15, 0.2) is 30.3 Å². The largest absolute Gasteiger partial charge is 0.480 e. The molecule has 1 N–H and O–H groups in total. The van der Waals surface area contributed by atoms with Crippen LogP contribution in [0, 0.1) is 0 Å². The van der Waals surface area contributed by atoms with Crippen molar-refractivity contribution in [2.24, 2.45) is 0 Å². The van der Waals surface area contributed by atoms with Crippen molar-refractivity contribution < 1.29 is 18.8 Å². The first-order valence-corrected chi connectivity index (χ1v) is 6.16. The van der Waals surface area contributed by atoms with Crippen molar-refractivity contribution in [1.29, 1.82) is 0 Å². The maximum Gasteiger partial charge on any atom is 0.321 e. The van der Waals surface area contributed by atoms with E-state index in [1.54, 1.807) is 0 Å². The van der Waals surface area contributed by atoms with Gasteiger partial charge in [-0.05, 0) is 5.56 Å². The molecule has 88 valence electrons. The van der Waals surface area contributed by atoms with Crippen molar-refractivity contribution in [2.45, 2.75) is 11.0 Å². The molecule has 2 atom stereocenters. The first-order valence-electron chi connectivity index (χ1n) is 4.78. The Labute approximate surface area is 96.7 Å². The third-order valence-corrected chi connectivity index (χ3v) is 3.65. The molecule has 0 spiro atoms. The molecular weight excluding hydrogens is 228 g/mol. The molecule has 1 aromatic carbocycles. The average molecular weight is 242 g/mol. The molecule has 0 radical (unpaired) electrons. The van der Waals surface area contributed by atoms with Crippen molar-refractivity contribution >= 4 is 16.8 Å². The van der Waals surface area contributed by atoms with E-state index in [9.17, 15) is 9.00 Å². The summed E-state index contributed by atoms with van der Waals surface area (Å²) in [5.74, 6) is -0.850. The second-order valence-corrected chi connectivity index (χ2v) is 4.91. The summed E-state index contributed by atoms with van der Waals surface area (Å²) in [5, 5.41) is 7.91. The van der Waals surface area contributed by atoms with Gasteiger partial charge in [-0.15, -0.1) is 0 Å². The van der Waals surface area contributed by atoms with Crippen LogP contribution < -0.4 is 0 Å². The van der Waals surface area contributed by atoms with E-state index in [1.165, 1.54) is 7.11 Å². The molecule has 0 aromatic heterocycles. The van der Waals surface area contributed by atoms with Crippen LogP contribution in [0.1, 0.15) is 5.56 Å². The molecule has 0 saturated heterocycles. The highest BCUT2D eigenvalue weighted by Gasteiger charge is 2.24. The van der Waals surface area contributed by atoms with E-state index in [1.807, 2.05) is 30.3 Å². The fraction of sp³-hybridized carbons (Fsp3) is 0.364. The molecule has 16 heavy (non-hydrogen) atoms. The van der Waals surface area contributed by atoms with Gasteiger partial charge in [-0.2, -0.15) is 0 Å². The summed E-state index contributed by atoms with van der Waals surface area (Å²) in [4.78, 5) is 10.8. The van der Waals surface area contributed by atoms with Gasteiger partial charge in [0.25, 0.3) is 0 Å². The minimum atomic E-state index is -1.46. The van der Waals surface area contributed by atoms with Gasteiger partial charge in [0.1, 0.15) is 0 Å². The van der Waals surface area contributed by atoms with Crippen LogP contribution in [-0.2, 0) is 26.1 Å². The van der Waals surface area contributed by atoms with E-state index in [0.29, 0.717) is 0 Å². The summed E-state index contributed by atoms with van der Waals surface area (Å²) in [7, 11) is -0.0648. The van der Waals surface area contributed by atoms with Crippen LogP contribution in [0.25, 0.3) is 0 Å². The molecule has 0 aliphatic heterocycles. The molecule has 2 unspecified atom stereocenters. The van der Waals surface area contributed by atoms with Crippen molar-refractivity contribution in [3.05, 3.63) is 35.9 Å². The van der Waals surface area contributed by atoms with Gasteiger partial charge < -0.3 is 9.84 Å². The quantitative estimate of drug-likeness (QED) is 0.809. The Balaban J connectivity index is 2.66. The fourth-order valence-electron chi connectivity index (χ4n) is 1.25. The lowest BCUT2D eigenvalue weighted by Crippen LogP contribution is -2.31. The van der Waals surface area contributed by atoms with Crippen LogP contribution in [0.2, 0.25) is 0 Å². The molecule has 1 aromatic rings. The zero-order valence-electron chi connectivity index (χ0n) is 8.96. The fourth-order valence-corrected chi connectivity index (χ4v) is 2.49. The number of carbonyl (C=O) groups is 1. The summed E-state index contributed by atoms with van der Waals surface area (Å²) in [5.41, 5.74) is 0.864. The molecule has 0 bridgehead atoms. The molecule has 5 heteroatoms. The van der Waals surface area contributed by atoms with E-state index in [4.69, 9.17) is 9.84 Å². The first-order chi connectivity index (χ1) is 7.65. The zero-order chi connectivity index (χ0) is 12.0. The lowest BCUT2D eigenvalue weighted by atomic mass is 10.2. The molecular formula is C11H14O4S. The zero-order valence-corrected chi connectivity index (χ0v) is 9.78. The standard InChI is InChI=1S/C11H14O4S/c1-15-7-10(11(12)13)16(14)8-9-5-3-2-4-6-9/h2-6,10H,7-8H2,1H3,(H,12,13). The Bertz CT molecular complexity index is 364. The minimum absolute atomic E-state index is 0.0330. The number of hydrogen-bond acceptors (Lipinski definition) is 3. The van der Waals surface area contributed by atoms with Gasteiger partial charge in [-0.1, -0.05) is 30.3 Å². The van der Waals surface area contributed by atoms with Gasteiger partial charge in [-0.25, -0.2) is 0 Å². The topological polar surface area (TPSA) is 63.6 Å². The Kier molecular flexibility index (Phi) is 5.14. The average Bonchev–Trinajstić information content (AvgIpc) is 2.26. The second-order valence-electron chi connectivity index (χ2n) is 3.29. The number of methoxy groups -OCH3 is 1. The molecule has 0 aliphatic carbocycles. The first kappa shape index (κ1) is 12.9. The molecule has 0 heterocycles. The molecule has 1 rings (SSSR count). The van der Waals surface area contributed by atoms with Crippen LogP contribution in [-0.4, -0.2) is 34.3 Å². The predicted molar refractivity (Wildman–Crippen MR) is 61.6 cm³/mol. The maximum absolute atomic E-state index is 11.8. The highest BCUT2D eigenvalue weighted by atomic mass is 32.2. The Hall–Kier alpha value is -1.20. The highest BCUT2D eigenvalue weighted by molar-refractivity contribution is 7.85. The van der Waals surface area contributed by atoms with E-state index in [-0.39, 0.29) is 12.4 Å². The van der Waals surface area contributed by atoms with E-state index >= 15 is 0 Å². The third kappa shape index (κ3) is 3.75. The molecule has 0 saturated carbocycles. The normalized spacial score (nSPS) is 14.3. The third-order valence-electron chi connectivity index (χ3n) is 2.06. The van der Waals surface area contributed by atoms with Crippen LogP contribution >= 0.6 is 0 Å². The Morgan fingerprint density at radius 1 is 1.44 bits per heavy atom. The van der Waals surface area contributed by atoms with E-state index in [2.05, 4.69) is 0 Å². The second kappa shape index (κ2) is 6.40. The number of ether oxygens (including phenoxy) is 1. The summed E-state index contributed by atoms with van der Waals surface area (Å²) in [6, 6.07) is 9.17. The summed E-state index contributed by atoms with van der Waals surface area (Å²) >= 11 is 0. The smallest absolute Gasteiger partial charge is 0.321 e. The number of carboxylic acids is 1. The van der Waals surface area contributed by atoms with E-state index in [0.717, 1.165) is 5.56 Å². The SMILES string of the molecule is COCC(C(=O)O)S(=O)Cc1ccccc1. The number of aliphatic carboxylic acids is 1. The van der Waals surface area contributed by atoms with Crippen molar-refractivity contribution in [3.8, 4) is 0 Å². The maximum atomic E-state index is 11.8. The van der Waals surface area contributed by atoms with Gasteiger partial charge in [0.05, 0.1) is 6.61 Å². The summed E-state index contributed by atoms with van der Waals surface area (Å²) in [6.07, 6.45) is 0. The number of hydrogen-bond donors (Lipinski definition) is 1. The van der Waals surface area contributed by atoms with Gasteiger partial charge in [0.15, 0.2) is 5.25 Å². The van der Waals surface area contributed by atoms with Crippen LogP contribution in [0.3, 0.4) is 0 Å². The van der Waals surface area contributed by atoms with E-state index < -0.39 is 22.0 Å². The van der Waals surface area contributed by atoms with Gasteiger partial charge in [-0.3, -0.25) is 9.00 Å². The summed E-state index contributed by atoms with van der Waals surface area (Å²) < 4.78 is 16.5.